The third-order valence-electron chi connectivity index (χ3n) is 2.63. The number of amides is 3. The summed E-state index contributed by atoms with van der Waals surface area (Å²) in [7, 11) is 0. The van der Waals surface area contributed by atoms with Crippen LogP contribution in [0.3, 0.4) is 0 Å². The first-order valence-corrected chi connectivity index (χ1v) is 5.45. The van der Waals surface area contributed by atoms with Crippen molar-refractivity contribution in [2.24, 2.45) is 5.92 Å². The van der Waals surface area contributed by atoms with Crippen LogP contribution in [0.1, 0.15) is 18.6 Å². The molecule has 0 aliphatic carbocycles. The summed E-state index contributed by atoms with van der Waals surface area (Å²) in [5, 5.41) is 6.05. The SMILES string of the molecule is Cc1nc(CCN2CC(C)C(=O)NC2=O)no1. The lowest BCUT2D eigenvalue weighted by molar-refractivity contribution is -0.125. The maximum absolute atomic E-state index is 11.5. The molecule has 1 atom stereocenters. The van der Waals surface area contributed by atoms with Crippen molar-refractivity contribution in [1.29, 1.82) is 0 Å². The first kappa shape index (κ1) is 11.6. The highest BCUT2D eigenvalue weighted by Gasteiger charge is 2.28. The van der Waals surface area contributed by atoms with Crippen LogP contribution in [0.5, 0.6) is 0 Å². The zero-order valence-electron chi connectivity index (χ0n) is 9.77. The predicted octanol–water partition coefficient (Wildman–Crippen LogP) is 0.108. The fourth-order valence-corrected chi connectivity index (χ4v) is 1.67. The second-order valence-corrected chi connectivity index (χ2v) is 4.12. The highest BCUT2D eigenvalue weighted by atomic mass is 16.5. The largest absolute Gasteiger partial charge is 0.340 e. The molecule has 1 fully saturated rings. The highest BCUT2D eigenvalue weighted by Crippen LogP contribution is 2.08. The van der Waals surface area contributed by atoms with Crippen LogP contribution >= 0.6 is 0 Å². The van der Waals surface area contributed by atoms with Gasteiger partial charge in [0.2, 0.25) is 11.8 Å². The summed E-state index contributed by atoms with van der Waals surface area (Å²) >= 11 is 0. The van der Waals surface area contributed by atoms with Crippen LogP contribution in [0.4, 0.5) is 4.79 Å². The molecule has 7 nitrogen and oxygen atoms in total. The van der Waals surface area contributed by atoms with E-state index in [9.17, 15) is 9.59 Å². The summed E-state index contributed by atoms with van der Waals surface area (Å²) in [4.78, 5) is 28.4. The number of urea groups is 1. The van der Waals surface area contributed by atoms with Crippen molar-refractivity contribution in [3.05, 3.63) is 11.7 Å². The standard InChI is InChI=1S/C10H14N4O3/c1-6-5-14(10(16)12-9(6)15)4-3-8-11-7(2)17-13-8/h6H,3-5H2,1-2H3,(H,12,15,16). The predicted molar refractivity (Wildman–Crippen MR) is 57.0 cm³/mol. The third kappa shape index (κ3) is 2.61. The van der Waals surface area contributed by atoms with E-state index in [4.69, 9.17) is 4.52 Å². The molecule has 1 saturated heterocycles. The Morgan fingerprint density at radius 3 is 2.94 bits per heavy atom. The number of aryl methyl sites for hydroxylation is 1. The quantitative estimate of drug-likeness (QED) is 0.807. The topological polar surface area (TPSA) is 88.3 Å². The Morgan fingerprint density at radius 2 is 2.29 bits per heavy atom. The van der Waals surface area contributed by atoms with Gasteiger partial charge in [-0.3, -0.25) is 10.1 Å². The molecule has 1 aromatic heterocycles. The molecule has 1 aliphatic rings. The Labute approximate surface area is 98.2 Å². The number of imide groups is 1. The van der Waals surface area contributed by atoms with Gasteiger partial charge in [-0.2, -0.15) is 4.98 Å². The van der Waals surface area contributed by atoms with Gasteiger partial charge in [-0.25, -0.2) is 4.79 Å². The molecule has 2 heterocycles. The number of rotatable bonds is 3. The molecule has 17 heavy (non-hydrogen) atoms. The minimum Gasteiger partial charge on any atom is -0.340 e. The molecule has 7 heteroatoms. The molecule has 1 aromatic rings. The summed E-state index contributed by atoms with van der Waals surface area (Å²) in [6.45, 7) is 4.40. The monoisotopic (exact) mass is 238 g/mol. The number of aromatic nitrogens is 2. The molecule has 1 aliphatic heterocycles. The maximum Gasteiger partial charge on any atom is 0.324 e. The molecule has 1 unspecified atom stereocenters. The van der Waals surface area contributed by atoms with Crippen LogP contribution in [0.2, 0.25) is 0 Å². The highest BCUT2D eigenvalue weighted by molar-refractivity contribution is 5.97. The zero-order valence-corrected chi connectivity index (χ0v) is 9.77. The van der Waals surface area contributed by atoms with E-state index in [2.05, 4.69) is 15.5 Å². The second-order valence-electron chi connectivity index (χ2n) is 4.12. The summed E-state index contributed by atoms with van der Waals surface area (Å²) in [5.74, 6) is 0.674. The van der Waals surface area contributed by atoms with Crippen molar-refractivity contribution in [3.8, 4) is 0 Å². The molecule has 0 saturated carbocycles. The second kappa shape index (κ2) is 4.52. The van der Waals surface area contributed by atoms with Gasteiger partial charge in [0.25, 0.3) is 0 Å². The van der Waals surface area contributed by atoms with Gasteiger partial charge in [0.05, 0.1) is 5.92 Å². The Balaban J connectivity index is 1.90. The van der Waals surface area contributed by atoms with Crippen molar-refractivity contribution < 1.29 is 14.1 Å². The summed E-state index contributed by atoms with van der Waals surface area (Å²) < 4.78 is 4.84. The fraction of sp³-hybridized carbons (Fsp3) is 0.600. The Morgan fingerprint density at radius 1 is 1.53 bits per heavy atom. The number of carbonyl (C=O) groups is 2. The van der Waals surface area contributed by atoms with Crippen LogP contribution in [0.15, 0.2) is 4.52 Å². The van der Waals surface area contributed by atoms with E-state index in [1.165, 1.54) is 0 Å². The number of hydrogen-bond acceptors (Lipinski definition) is 5. The normalized spacial score (nSPS) is 20.6. The lowest BCUT2D eigenvalue weighted by Gasteiger charge is -2.29. The van der Waals surface area contributed by atoms with Gasteiger partial charge in [0, 0.05) is 26.4 Å². The lowest BCUT2D eigenvalue weighted by atomic mass is 10.1. The molecule has 0 bridgehead atoms. The minimum absolute atomic E-state index is 0.181. The molecule has 92 valence electrons. The number of nitrogens with zero attached hydrogens (tertiary/aromatic N) is 3. The van der Waals surface area contributed by atoms with Crippen LogP contribution < -0.4 is 5.32 Å². The van der Waals surface area contributed by atoms with Crippen molar-refractivity contribution in [2.45, 2.75) is 20.3 Å². The summed E-state index contributed by atoms with van der Waals surface area (Å²) in [6, 6.07) is -0.353. The molecule has 0 radical (unpaired) electrons. The summed E-state index contributed by atoms with van der Waals surface area (Å²) in [6.07, 6.45) is 0.520. The fourth-order valence-electron chi connectivity index (χ4n) is 1.67. The number of hydrogen-bond donors (Lipinski definition) is 1. The van der Waals surface area contributed by atoms with Crippen LogP contribution in [-0.4, -0.2) is 40.1 Å². The van der Waals surface area contributed by atoms with Crippen LogP contribution in [0, 0.1) is 12.8 Å². The minimum atomic E-state index is -0.353. The van der Waals surface area contributed by atoms with E-state index in [1.807, 2.05) is 0 Å². The van der Waals surface area contributed by atoms with Gasteiger partial charge >= 0.3 is 6.03 Å². The van der Waals surface area contributed by atoms with Gasteiger partial charge in [-0.05, 0) is 0 Å². The van der Waals surface area contributed by atoms with Crippen molar-refractivity contribution in [1.82, 2.24) is 20.4 Å². The third-order valence-corrected chi connectivity index (χ3v) is 2.63. The molecular formula is C10H14N4O3. The molecule has 2 rings (SSSR count). The van der Waals surface area contributed by atoms with Crippen LogP contribution in [-0.2, 0) is 11.2 Å². The van der Waals surface area contributed by atoms with Crippen molar-refractivity contribution >= 4 is 11.9 Å². The first-order chi connectivity index (χ1) is 8.06. The van der Waals surface area contributed by atoms with E-state index in [-0.39, 0.29) is 17.9 Å². The lowest BCUT2D eigenvalue weighted by Crippen LogP contribution is -2.54. The number of carbonyl (C=O) groups excluding carboxylic acids is 2. The van der Waals surface area contributed by atoms with Crippen molar-refractivity contribution in [2.75, 3.05) is 13.1 Å². The summed E-state index contributed by atoms with van der Waals surface area (Å²) in [5.41, 5.74) is 0. The molecule has 1 N–H and O–H groups in total. The van der Waals surface area contributed by atoms with E-state index >= 15 is 0 Å². The zero-order chi connectivity index (χ0) is 12.4. The van der Waals surface area contributed by atoms with E-state index in [0.717, 1.165) is 0 Å². The molecular weight excluding hydrogens is 224 g/mol. The average Bonchev–Trinajstić information content (AvgIpc) is 2.68. The van der Waals surface area contributed by atoms with Crippen LogP contribution in [0.25, 0.3) is 0 Å². The van der Waals surface area contributed by atoms with Gasteiger partial charge in [-0.15, -0.1) is 0 Å². The number of nitrogens with one attached hydrogen (secondary N) is 1. The van der Waals surface area contributed by atoms with E-state index in [1.54, 1.807) is 18.7 Å². The van der Waals surface area contributed by atoms with Gasteiger partial charge in [0.15, 0.2) is 5.82 Å². The van der Waals surface area contributed by atoms with E-state index in [0.29, 0.717) is 31.2 Å². The Bertz CT molecular complexity index is 443. The Kier molecular flexibility index (Phi) is 3.08. The van der Waals surface area contributed by atoms with Crippen molar-refractivity contribution in [3.63, 3.8) is 0 Å². The smallest absolute Gasteiger partial charge is 0.324 e. The molecule has 3 amide bonds. The maximum atomic E-state index is 11.5. The van der Waals surface area contributed by atoms with Gasteiger partial charge in [0.1, 0.15) is 0 Å². The van der Waals surface area contributed by atoms with Gasteiger partial charge < -0.3 is 9.42 Å². The molecule has 0 spiro atoms. The first-order valence-electron chi connectivity index (χ1n) is 5.45. The van der Waals surface area contributed by atoms with Gasteiger partial charge in [-0.1, -0.05) is 12.1 Å². The van der Waals surface area contributed by atoms with E-state index < -0.39 is 0 Å². The Hall–Kier alpha value is -1.92. The molecule has 0 aromatic carbocycles. The average molecular weight is 238 g/mol.